The number of amides is 1. The number of aromatic carboxylic acids is 2. The fourth-order valence-electron chi connectivity index (χ4n) is 3.83. The van der Waals surface area contributed by atoms with E-state index >= 15 is 0 Å². The Morgan fingerprint density at radius 1 is 1.06 bits per heavy atom. The average Bonchev–Trinajstić information content (AvgIpc) is 2.72. The molecule has 34 heavy (non-hydrogen) atoms. The Morgan fingerprint density at radius 3 is 2.24 bits per heavy atom. The van der Waals surface area contributed by atoms with E-state index in [9.17, 15) is 29.4 Å². The highest BCUT2D eigenvalue weighted by Crippen LogP contribution is 2.30. The number of carboxylic acids is 2. The van der Waals surface area contributed by atoms with E-state index in [2.05, 4.69) is 9.88 Å². The number of carboxylic acid groups (broad SMARTS) is 2. The molecule has 0 bridgehead atoms. The zero-order valence-electron chi connectivity index (χ0n) is 19.3. The molecule has 11 nitrogen and oxygen atoms in total. The van der Waals surface area contributed by atoms with Gasteiger partial charge in [0.1, 0.15) is 22.5 Å². The van der Waals surface area contributed by atoms with Gasteiger partial charge in [0.25, 0.3) is 5.56 Å². The molecule has 2 aromatic rings. The number of nitrogens with zero attached hydrogens (tertiary/aromatic N) is 2. The lowest BCUT2D eigenvalue weighted by Crippen LogP contribution is -2.49. The van der Waals surface area contributed by atoms with E-state index in [0.717, 1.165) is 5.56 Å². The number of pyridine rings is 1. The van der Waals surface area contributed by atoms with Crippen LogP contribution in [0.15, 0.2) is 29.1 Å². The molecule has 182 valence electrons. The number of benzene rings is 1. The number of carbonyl (C=O) groups excluding carboxylic acids is 1. The molecule has 0 aliphatic carbocycles. The Balaban J connectivity index is 1.84. The number of piperazine rings is 1. The number of H-pyrrole nitrogens is 1. The number of nitrogens with one attached hydrogen (secondary N) is 1. The second-order valence-corrected chi connectivity index (χ2v) is 9.05. The smallest absolute Gasteiger partial charge is 0.410 e. The van der Waals surface area contributed by atoms with Crippen LogP contribution in [0.1, 0.15) is 47.1 Å². The van der Waals surface area contributed by atoms with Gasteiger partial charge in [-0.2, -0.15) is 0 Å². The van der Waals surface area contributed by atoms with Crippen molar-refractivity contribution in [3.8, 4) is 11.1 Å². The van der Waals surface area contributed by atoms with E-state index in [-0.39, 0.29) is 17.2 Å². The number of hydrogen-bond acceptors (Lipinski definition) is 7. The summed E-state index contributed by atoms with van der Waals surface area (Å²) in [5, 5.41) is 19.2. The molecule has 3 rings (SSSR count). The van der Waals surface area contributed by atoms with Crippen LogP contribution in [-0.4, -0.2) is 74.8 Å². The second-order valence-electron chi connectivity index (χ2n) is 9.05. The van der Waals surface area contributed by atoms with Crippen LogP contribution < -0.4 is 11.3 Å². The average molecular weight is 472 g/mol. The second kappa shape index (κ2) is 9.56. The van der Waals surface area contributed by atoms with Crippen molar-refractivity contribution in [1.82, 2.24) is 14.8 Å². The summed E-state index contributed by atoms with van der Waals surface area (Å²) in [4.78, 5) is 54.0. The maximum absolute atomic E-state index is 12.3. The third-order valence-corrected chi connectivity index (χ3v) is 5.32. The Labute approximate surface area is 195 Å². The predicted octanol–water partition coefficient (Wildman–Crippen LogP) is 2.07. The van der Waals surface area contributed by atoms with Crippen molar-refractivity contribution in [2.75, 3.05) is 31.9 Å². The van der Waals surface area contributed by atoms with Crippen LogP contribution in [-0.2, 0) is 11.3 Å². The van der Waals surface area contributed by atoms with E-state index in [1.54, 1.807) is 17.0 Å². The van der Waals surface area contributed by atoms with Gasteiger partial charge < -0.3 is 30.6 Å². The summed E-state index contributed by atoms with van der Waals surface area (Å²) in [6, 6.07) is 6.67. The number of aromatic amines is 1. The van der Waals surface area contributed by atoms with Gasteiger partial charge >= 0.3 is 18.0 Å². The monoisotopic (exact) mass is 472 g/mol. The summed E-state index contributed by atoms with van der Waals surface area (Å²) in [6.45, 7) is 8.11. The van der Waals surface area contributed by atoms with Gasteiger partial charge in [0, 0.05) is 38.3 Å². The fourth-order valence-corrected chi connectivity index (χ4v) is 3.83. The zero-order chi connectivity index (χ0) is 25.2. The summed E-state index contributed by atoms with van der Waals surface area (Å²) in [7, 11) is 0. The van der Waals surface area contributed by atoms with E-state index in [4.69, 9.17) is 10.5 Å². The van der Waals surface area contributed by atoms with Crippen molar-refractivity contribution in [2.24, 2.45) is 0 Å². The highest BCUT2D eigenvalue weighted by atomic mass is 16.6. The number of nitrogen functional groups attached to an aromatic ring is 1. The van der Waals surface area contributed by atoms with E-state index in [0.29, 0.717) is 32.7 Å². The minimum atomic E-state index is -1.55. The predicted molar refractivity (Wildman–Crippen MR) is 124 cm³/mol. The van der Waals surface area contributed by atoms with Crippen LogP contribution in [0.25, 0.3) is 11.1 Å². The van der Waals surface area contributed by atoms with Crippen LogP contribution in [0, 0.1) is 0 Å². The van der Waals surface area contributed by atoms with Gasteiger partial charge in [0.15, 0.2) is 0 Å². The van der Waals surface area contributed by atoms with Crippen LogP contribution in [0.5, 0.6) is 0 Å². The molecule has 0 saturated carbocycles. The Kier molecular flexibility index (Phi) is 6.96. The topological polar surface area (TPSA) is 166 Å². The van der Waals surface area contributed by atoms with Crippen molar-refractivity contribution >= 4 is 23.8 Å². The fraction of sp³-hybridized carbons (Fsp3) is 0.391. The highest BCUT2D eigenvalue weighted by Gasteiger charge is 2.28. The van der Waals surface area contributed by atoms with Gasteiger partial charge in [-0.05, 0) is 38.0 Å². The molecule has 1 aromatic heterocycles. The lowest BCUT2D eigenvalue weighted by Gasteiger charge is -2.35. The zero-order valence-corrected chi connectivity index (χ0v) is 19.3. The molecular weight excluding hydrogens is 444 g/mol. The Hall–Kier alpha value is -3.86. The lowest BCUT2D eigenvalue weighted by atomic mass is 9.94. The molecule has 0 spiro atoms. The Morgan fingerprint density at radius 2 is 1.68 bits per heavy atom. The third-order valence-electron chi connectivity index (χ3n) is 5.32. The largest absolute Gasteiger partial charge is 0.478 e. The van der Waals surface area contributed by atoms with Crippen LogP contribution >= 0.6 is 0 Å². The quantitative estimate of drug-likeness (QED) is 0.509. The summed E-state index contributed by atoms with van der Waals surface area (Å²) in [6.07, 6.45) is -0.358. The number of rotatable bonds is 5. The van der Waals surface area contributed by atoms with Crippen molar-refractivity contribution in [2.45, 2.75) is 32.9 Å². The first-order valence-electron chi connectivity index (χ1n) is 10.7. The van der Waals surface area contributed by atoms with Gasteiger partial charge in [-0.1, -0.05) is 18.2 Å². The minimum absolute atomic E-state index is 0.238. The molecule has 0 atom stereocenters. The standard InChI is InChI=1S/C23H28N4O7/c1-23(2,3)34-22(33)27-9-7-26(8-10-27)12-13-5-4-6-14(11-13)15-16(20(29)30)18(24)25-19(28)17(15)21(31)32/h4-6,11H,7-10,12H2,1-3H3,(H,29,30)(H,31,32)(H3,24,25,28). The Bertz CT molecular complexity index is 1170. The van der Waals surface area contributed by atoms with Crippen molar-refractivity contribution < 1.29 is 29.3 Å². The van der Waals surface area contributed by atoms with Crippen molar-refractivity contribution in [3.63, 3.8) is 0 Å². The number of nitrogens with two attached hydrogens (primary N) is 1. The molecule has 1 amide bonds. The minimum Gasteiger partial charge on any atom is -0.478 e. The lowest BCUT2D eigenvalue weighted by molar-refractivity contribution is 0.0138. The molecule has 11 heteroatoms. The number of aromatic nitrogens is 1. The third kappa shape index (κ3) is 5.54. The molecule has 0 unspecified atom stereocenters. The first kappa shape index (κ1) is 24.8. The van der Waals surface area contributed by atoms with E-state index in [1.165, 1.54) is 6.07 Å². The van der Waals surface area contributed by atoms with Crippen LogP contribution in [0.4, 0.5) is 10.6 Å². The summed E-state index contributed by atoms with van der Waals surface area (Å²) in [5.74, 6) is -3.42. The molecule has 1 aliphatic rings. The summed E-state index contributed by atoms with van der Waals surface area (Å²) >= 11 is 0. The highest BCUT2D eigenvalue weighted by molar-refractivity contribution is 6.07. The van der Waals surface area contributed by atoms with Gasteiger partial charge in [-0.3, -0.25) is 9.69 Å². The maximum Gasteiger partial charge on any atom is 0.410 e. The molecule has 2 heterocycles. The summed E-state index contributed by atoms with van der Waals surface area (Å²) in [5.41, 5.74) is 3.82. The van der Waals surface area contributed by atoms with Gasteiger partial charge in [0.05, 0.1) is 0 Å². The van der Waals surface area contributed by atoms with Crippen molar-refractivity contribution in [3.05, 3.63) is 51.3 Å². The van der Waals surface area contributed by atoms with Crippen LogP contribution in [0.2, 0.25) is 0 Å². The van der Waals surface area contributed by atoms with Gasteiger partial charge in [0.2, 0.25) is 0 Å². The van der Waals surface area contributed by atoms with Crippen LogP contribution in [0.3, 0.4) is 0 Å². The maximum atomic E-state index is 12.3. The SMILES string of the molecule is CC(C)(C)OC(=O)N1CCN(Cc2cccc(-c3c(C(=O)O)c(N)[nH]c(=O)c3C(=O)O)c2)CC1. The van der Waals surface area contributed by atoms with Crippen molar-refractivity contribution in [1.29, 1.82) is 0 Å². The number of ether oxygens (including phenoxy) is 1. The molecule has 1 aliphatic heterocycles. The molecular formula is C23H28N4O7. The normalized spacial score (nSPS) is 14.6. The molecule has 5 N–H and O–H groups in total. The number of hydrogen-bond donors (Lipinski definition) is 4. The van der Waals surface area contributed by atoms with Gasteiger partial charge in [-0.25, -0.2) is 14.4 Å². The first-order chi connectivity index (χ1) is 15.9. The van der Waals surface area contributed by atoms with E-state index < -0.39 is 40.0 Å². The number of anilines is 1. The number of carbonyl (C=O) groups is 3. The molecule has 1 saturated heterocycles. The van der Waals surface area contributed by atoms with Gasteiger partial charge in [-0.15, -0.1) is 0 Å². The first-order valence-corrected chi connectivity index (χ1v) is 10.7. The van der Waals surface area contributed by atoms with E-state index in [1.807, 2.05) is 26.8 Å². The molecule has 1 aromatic carbocycles. The summed E-state index contributed by atoms with van der Waals surface area (Å²) < 4.78 is 5.41. The molecule has 0 radical (unpaired) electrons. The molecule has 1 fully saturated rings.